The van der Waals surface area contributed by atoms with E-state index in [1.807, 2.05) is 55.5 Å². The van der Waals surface area contributed by atoms with Gasteiger partial charge in [0.25, 0.3) is 0 Å². The number of nitrogens with zero attached hydrogens (tertiary/aromatic N) is 1. The van der Waals surface area contributed by atoms with Crippen molar-refractivity contribution in [2.24, 2.45) is 0 Å². The molecule has 0 atom stereocenters. The highest BCUT2D eigenvalue weighted by molar-refractivity contribution is 5.90. The topological polar surface area (TPSA) is 72.6 Å². The molecule has 5 nitrogen and oxygen atoms in total. The molecule has 3 aromatic carbocycles. The first-order chi connectivity index (χ1) is 14.1. The maximum atomic E-state index is 10.6. The number of aromatic nitrogens is 1. The second-order valence-corrected chi connectivity index (χ2v) is 7.24. The van der Waals surface area contributed by atoms with E-state index in [2.05, 4.69) is 11.1 Å². The monoisotopic (exact) mass is 389 g/mol. The van der Waals surface area contributed by atoms with E-state index in [0.717, 1.165) is 51.6 Å². The lowest BCUT2D eigenvalue weighted by Gasteiger charge is -2.11. The van der Waals surface area contributed by atoms with E-state index in [4.69, 9.17) is 14.3 Å². The fourth-order valence-electron chi connectivity index (χ4n) is 3.39. The second kappa shape index (κ2) is 8.35. The first-order valence-corrected chi connectivity index (χ1v) is 9.85. The van der Waals surface area contributed by atoms with Crippen molar-refractivity contribution in [2.75, 3.05) is 6.61 Å². The molecule has 0 unspecified atom stereocenters. The number of benzene rings is 3. The Hall–Kier alpha value is -3.34. The minimum absolute atomic E-state index is 0.198. The normalized spacial score (nSPS) is 11.2. The molecule has 29 heavy (non-hydrogen) atoms. The van der Waals surface area contributed by atoms with Crippen LogP contribution in [0, 0.1) is 6.92 Å². The summed E-state index contributed by atoms with van der Waals surface area (Å²) >= 11 is 0. The molecule has 0 saturated carbocycles. The van der Waals surface area contributed by atoms with Gasteiger partial charge in [-0.3, -0.25) is 4.79 Å². The highest BCUT2D eigenvalue weighted by Crippen LogP contribution is 2.35. The van der Waals surface area contributed by atoms with Gasteiger partial charge in [-0.1, -0.05) is 30.3 Å². The van der Waals surface area contributed by atoms with E-state index in [0.29, 0.717) is 18.9 Å². The van der Waals surface area contributed by atoms with Gasteiger partial charge in [0.15, 0.2) is 5.58 Å². The number of hydrogen-bond donors (Lipinski definition) is 1. The molecule has 0 amide bonds. The first kappa shape index (κ1) is 19.0. The number of carboxylic acid groups (broad SMARTS) is 1. The Morgan fingerprint density at radius 3 is 2.62 bits per heavy atom. The minimum atomic E-state index is -0.756. The molecule has 0 aliphatic carbocycles. The van der Waals surface area contributed by atoms with Crippen LogP contribution < -0.4 is 4.74 Å². The summed E-state index contributed by atoms with van der Waals surface area (Å²) in [6.45, 7) is 2.54. The van der Waals surface area contributed by atoms with Crippen LogP contribution in [0.15, 0.2) is 59.0 Å². The van der Waals surface area contributed by atoms with Gasteiger partial charge in [-0.15, -0.1) is 0 Å². The van der Waals surface area contributed by atoms with Crippen LogP contribution in [0.5, 0.6) is 5.75 Å². The number of aliphatic carboxylic acids is 1. The average Bonchev–Trinajstić information content (AvgIpc) is 3.12. The summed E-state index contributed by atoms with van der Waals surface area (Å²) in [4.78, 5) is 15.3. The second-order valence-electron chi connectivity index (χ2n) is 7.24. The van der Waals surface area contributed by atoms with Crippen molar-refractivity contribution in [3.63, 3.8) is 0 Å². The van der Waals surface area contributed by atoms with Crippen LogP contribution in [-0.4, -0.2) is 22.7 Å². The lowest BCUT2D eigenvalue weighted by molar-refractivity contribution is -0.137. The standard InChI is InChI=1S/C24H23NO4/c1-16-10-11-20-22(13-16)29-24(25-20)19-14-17-7-4-5-8-18(17)15-21(19)28-12-6-2-3-9-23(26)27/h4-5,7-8,10-11,13-15H,2-3,6,9,12H2,1H3,(H,26,27). The average molecular weight is 389 g/mol. The molecular formula is C24H23NO4. The van der Waals surface area contributed by atoms with Crippen molar-refractivity contribution in [3.8, 4) is 17.2 Å². The molecule has 0 bridgehead atoms. The van der Waals surface area contributed by atoms with Crippen molar-refractivity contribution in [1.29, 1.82) is 0 Å². The summed E-state index contributed by atoms with van der Waals surface area (Å²) in [6, 6.07) is 18.1. The summed E-state index contributed by atoms with van der Waals surface area (Å²) in [5.41, 5.74) is 3.52. The fourth-order valence-corrected chi connectivity index (χ4v) is 3.39. The van der Waals surface area contributed by atoms with Gasteiger partial charge in [0.2, 0.25) is 5.89 Å². The van der Waals surface area contributed by atoms with Crippen LogP contribution in [0.1, 0.15) is 31.2 Å². The van der Waals surface area contributed by atoms with E-state index in [1.54, 1.807) is 0 Å². The van der Waals surface area contributed by atoms with Gasteiger partial charge in [-0.05, 0) is 66.8 Å². The third kappa shape index (κ3) is 4.40. The largest absolute Gasteiger partial charge is 0.493 e. The minimum Gasteiger partial charge on any atom is -0.493 e. The highest BCUT2D eigenvalue weighted by Gasteiger charge is 2.15. The van der Waals surface area contributed by atoms with Crippen molar-refractivity contribution in [2.45, 2.75) is 32.6 Å². The molecule has 0 radical (unpaired) electrons. The van der Waals surface area contributed by atoms with Gasteiger partial charge >= 0.3 is 5.97 Å². The third-order valence-electron chi connectivity index (χ3n) is 4.91. The Bertz CT molecular complexity index is 1160. The SMILES string of the molecule is Cc1ccc2nc(-c3cc4ccccc4cc3OCCCCCC(=O)O)oc2c1. The van der Waals surface area contributed by atoms with Crippen molar-refractivity contribution in [3.05, 3.63) is 60.2 Å². The van der Waals surface area contributed by atoms with E-state index in [9.17, 15) is 4.79 Å². The summed E-state index contributed by atoms with van der Waals surface area (Å²) in [5.74, 6) is 0.511. The Morgan fingerprint density at radius 2 is 1.83 bits per heavy atom. The number of rotatable bonds is 8. The van der Waals surface area contributed by atoms with E-state index >= 15 is 0 Å². The Balaban J connectivity index is 1.62. The number of unbranched alkanes of at least 4 members (excludes halogenated alkanes) is 2. The van der Waals surface area contributed by atoms with Crippen LogP contribution in [0.3, 0.4) is 0 Å². The molecule has 4 aromatic rings. The third-order valence-corrected chi connectivity index (χ3v) is 4.91. The van der Waals surface area contributed by atoms with Gasteiger partial charge in [-0.25, -0.2) is 4.98 Å². The van der Waals surface area contributed by atoms with E-state index < -0.39 is 5.97 Å². The summed E-state index contributed by atoms with van der Waals surface area (Å²) in [5, 5.41) is 10.9. The molecule has 5 heteroatoms. The Labute approximate surface area is 168 Å². The summed E-state index contributed by atoms with van der Waals surface area (Å²) < 4.78 is 12.1. The van der Waals surface area contributed by atoms with Crippen LogP contribution in [-0.2, 0) is 4.79 Å². The van der Waals surface area contributed by atoms with Crippen LogP contribution in [0.2, 0.25) is 0 Å². The van der Waals surface area contributed by atoms with Gasteiger partial charge in [-0.2, -0.15) is 0 Å². The van der Waals surface area contributed by atoms with Gasteiger partial charge in [0, 0.05) is 6.42 Å². The maximum absolute atomic E-state index is 10.6. The first-order valence-electron chi connectivity index (χ1n) is 9.85. The van der Waals surface area contributed by atoms with E-state index in [-0.39, 0.29) is 6.42 Å². The zero-order chi connectivity index (χ0) is 20.2. The maximum Gasteiger partial charge on any atom is 0.303 e. The number of fused-ring (bicyclic) bond motifs is 2. The lowest BCUT2D eigenvalue weighted by atomic mass is 10.1. The zero-order valence-corrected chi connectivity index (χ0v) is 16.4. The molecule has 0 spiro atoms. The molecule has 148 valence electrons. The molecule has 4 rings (SSSR count). The van der Waals surface area contributed by atoms with Crippen molar-refractivity contribution in [1.82, 2.24) is 4.98 Å². The predicted octanol–water partition coefficient (Wildman–Crippen LogP) is 5.98. The summed E-state index contributed by atoms with van der Waals surface area (Å²) in [6.07, 6.45) is 2.47. The lowest BCUT2D eigenvalue weighted by Crippen LogP contribution is -2.00. The van der Waals surface area contributed by atoms with Gasteiger partial charge < -0.3 is 14.3 Å². The quantitative estimate of drug-likeness (QED) is 0.375. The summed E-state index contributed by atoms with van der Waals surface area (Å²) in [7, 11) is 0. The molecule has 0 saturated heterocycles. The molecule has 0 fully saturated rings. The number of ether oxygens (including phenoxy) is 1. The number of aryl methyl sites for hydroxylation is 1. The van der Waals surface area contributed by atoms with Crippen LogP contribution >= 0.6 is 0 Å². The molecule has 0 aliphatic heterocycles. The highest BCUT2D eigenvalue weighted by atomic mass is 16.5. The van der Waals surface area contributed by atoms with Gasteiger partial charge in [0.05, 0.1) is 12.2 Å². The molecule has 1 aromatic heterocycles. The molecule has 1 N–H and O–H groups in total. The van der Waals surface area contributed by atoms with Crippen molar-refractivity contribution < 1.29 is 19.1 Å². The number of carbonyl (C=O) groups is 1. The Morgan fingerprint density at radius 1 is 1.03 bits per heavy atom. The van der Waals surface area contributed by atoms with Crippen LogP contribution in [0.25, 0.3) is 33.3 Å². The number of carboxylic acids is 1. The predicted molar refractivity (Wildman–Crippen MR) is 113 cm³/mol. The number of oxazole rings is 1. The molecule has 0 aliphatic rings. The fraction of sp³-hybridized carbons (Fsp3) is 0.250. The van der Waals surface area contributed by atoms with E-state index in [1.165, 1.54) is 0 Å². The smallest absolute Gasteiger partial charge is 0.303 e. The zero-order valence-electron chi connectivity index (χ0n) is 16.4. The van der Waals surface area contributed by atoms with Crippen molar-refractivity contribution >= 4 is 27.8 Å². The molecule has 1 heterocycles. The van der Waals surface area contributed by atoms with Gasteiger partial charge in [0.1, 0.15) is 11.3 Å². The Kier molecular flexibility index (Phi) is 5.47. The number of hydrogen-bond acceptors (Lipinski definition) is 4. The van der Waals surface area contributed by atoms with Crippen LogP contribution in [0.4, 0.5) is 0 Å². The molecular weight excluding hydrogens is 366 g/mol.